The fourth-order valence-electron chi connectivity index (χ4n) is 4.34. The first kappa shape index (κ1) is 17.5. The minimum Gasteiger partial charge on any atom is -0.478 e. The molecule has 0 N–H and O–H groups in total. The Morgan fingerprint density at radius 1 is 1.29 bits per heavy atom. The molecule has 2 atom stereocenters. The average molecular weight is 397 g/mol. The van der Waals surface area contributed by atoms with Crippen molar-refractivity contribution in [1.29, 1.82) is 0 Å². The zero-order valence-corrected chi connectivity index (χ0v) is 16.6. The van der Waals surface area contributed by atoms with E-state index in [0.717, 1.165) is 41.7 Å². The topological polar surface area (TPSA) is 59.7 Å². The van der Waals surface area contributed by atoms with Crippen molar-refractivity contribution < 1.29 is 9.53 Å². The summed E-state index contributed by atoms with van der Waals surface area (Å²) in [6.07, 6.45) is 4.68. The third-order valence-electron chi connectivity index (χ3n) is 5.78. The lowest BCUT2D eigenvalue weighted by Gasteiger charge is -2.23. The SMILES string of the molecule is CCCCOc1ccc2c(n1)C1CC(c3nn4ccc(Cl)cc4c31)N(C)C2=O. The molecule has 0 saturated heterocycles. The number of amides is 1. The van der Waals surface area contributed by atoms with Gasteiger partial charge in [0, 0.05) is 35.8 Å². The van der Waals surface area contributed by atoms with Gasteiger partial charge in [-0.05, 0) is 31.0 Å². The van der Waals surface area contributed by atoms with Crippen LogP contribution in [0.25, 0.3) is 5.52 Å². The van der Waals surface area contributed by atoms with Gasteiger partial charge in [-0.2, -0.15) is 5.10 Å². The van der Waals surface area contributed by atoms with Gasteiger partial charge >= 0.3 is 0 Å². The molecule has 6 nitrogen and oxygen atoms in total. The van der Waals surface area contributed by atoms with Crippen molar-refractivity contribution in [2.24, 2.45) is 0 Å². The average Bonchev–Trinajstić information content (AvgIpc) is 3.21. The molecule has 28 heavy (non-hydrogen) atoms. The van der Waals surface area contributed by atoms with Crippen LogP contribution in [0.1, 0.15) is 65.5 Å². The highest BCUT2D eigenvalue weighted by atomic mass is 35.5. The van der Waals surface area contributed by atoms with Crippen molar-refractivity contribution >= 4 is 23.0 Å². The summed E-state index contributed by atoms with van der Waals surface area (Å²) in [5.41, 5.74) is 4.45. The first-order valence-electron chi connectivity index (χ1n) is 9.67. The van der Waals surface area contributed by atoms with Crippen LogP contribution in [-0.2, 0) is 0 Å². The summed E-state index contributed by atoms with van der Waals surface area (Å²) >= 11 is 6.26. The van der Waals surface area contributed by atoms with Crippen LogP contribution in [0.4, 0.5) is 0 Å². The van der Waals surface area contributed by atoms with Gasteiger partial charge in [0.05, 0.1) is 35.1 Å². The van der Waals surface area contributed by atoms with Crippen LogP contribution in [0, 0.1) is 0 Å². The van der Waals surface area contributed by atoms with Crippen molar-refractivity contribution in [2.45, 2.75) is 38.1 Å². The largest absolute Gasteiger partial charge is 0.478 e. The second kappa shape index (κ2) is 6.48. The quantitative estimate of drug-likeness (QED) is 0.619. The standard InChI is InChI=1S/C21H21ClN4O2/c1-3-4-9-28-17-6-5-13-19(23-17)14-11-16(25(2)21(13)27)20-18(14)15-10-12(22)7-8-26(15)24-20/h5-8,10,14,16H,3-4,9,11H2,1-2H3. The summed E-state index contributed by atoms with van der Waals surface area (Å²) in [6.45, 7) is 2.75. The molecule has 1 aliphatic carbocycles. The molecule has 0 spiro atoms. The van der Waals surface area contributed by atoms with E-state index in [4.69, 9.17) is 26.4 Å². The van der Waals surface area contributed by atoms with E-state index in [1.165, 1.54) is 0 Å². The number of hydrogen-bond donors (Lipinski definition) is 0. The number of hydrogen-bond acceptors (Lipinski definition) is 4. The fraction of sp³-hybridized carbons (Fsp3) is 0.381. The van der Waals surface area contributed by atoms with Gasteiger partial charge in [-0.25, -0.2) is 9.50 Å². The summed E-state index contributed by atoms with van der Waals surface area (Å²) in [5.74, 6) is 0.550. The molecule has 3 aromatic rings. The fourth-order valence-corrected chi connectivity index (χ4v) is 4.50. The molecule has 144 valence electrons. The molecule has 0 radical (unpaired) electrons. The van der Waals surface area contributed by atoms with E-state index in [9.17, 15) is 4.79 Å². The summed E-state index contributed by atoms with van der Waals surface area (Å²) in [6, 6.07) is 7.34. The van der Waals surface area contributed by atoms with Crippen molar-refractivity contribution in [1.82, 2.24) is 19.5 Å². The van der Waals surface area contributed by atoms with E-state index in [1.807, 2.05) is 36.0 Å². The second-order valence-corrected chi connectivity index (χ2v) is 7.91. The highest BCUT2D eigenvalue weighted by Gasteiger charge is 2.45. The van der Waals surface area contributed by atoms with Crippen molar-refractivity contribution in [3.05, 3.63) is 58.0 Å². The van der Waals surface area contributed by atoms with E-state index in [0.29, 0.717) is 23.1 Å². The molecule has 1 amide bonds. The zero-order valence-electron chi connectivity index (χ0n) is 15.9. The minimum atomic E-state index is -0.0650. The van der Waals surface area contributed by atoms with Gasteiger partial charge in [0.2, 0.25) is 5.88 Å². The number of nitrogens with zero attached hydrogens (tertiary/aromatic N) is 4. The molecule has 2 aliphatic rings. The molecule has 2 bridgehead atoms. The number of pyridine rings is 2. The predicted molar refractivity (Wildman–Crippen MR) is 106 cm³/mol. The Bertz CT molecular complexity index is 1090. The van der Waals surface area contributed by atoms with Gasteiger partial charge in [-0.3, -0.25) is 4.79 Å². The second-order valence-electron chi connectivity index (χ2n) is 7.48. The van der Waals surface area contributed by atoms with E-state index < -0.39 is 0 Å². The number of ether oxygens (including phenoxy) is 1. The number of unbranched alkanes of at least 4 members (excludes halogenated alkanes) is 1. The monoisotopic (exact) mass is 396 g/mol. The number of carbonyl (C=O) groups excluding carboxylic acids is 1. The third-order valence-corrected chi connectivity index (χ3v) is 6.02. The number of halogens is 1. The zero-order chi connectivity index (χ0) is 19.4. The Kier molecular flexibility index (Phi) is 4.05. The van der Waals surface area contributed by atoms with Crippen LogP contribution in [0.2, 0.25) is 5.02 Å². The Morgan fingerprint density at radius 3 is 2.96 bits per heavy atom. The van der Waals surface area contributed by atoms with Crippen molar-refractivity contribution in [2.75, 3.05) is 13.7 Å². The van der Waals surface area contributed by atoms with Crippen molar-refractivity contribution in [3.63, 3.8) is 0 Å². The molecule has 0 fully saturated rings. The molecule has 4 heterocycles. The first-order chi connectivity index (χ1) is 13.6. The van der Waals surface area contributed by atoms with Crippen LogP contribution in [0.3, 0.4) is 0 Å². The van der Waals surface area contributed by atoms with E-state index in [-0.39, 0.29) is 17.9 Å². The molecule has 2 unspecified atom stereocenters. The highest BCUT2D eigenvalue weighted by Crippen LogP contribution is 2.50. The summed E-state index contributed by atoms with van der Waals surface area (Å²) in [5, 5.41) is 5.43. The van der Waals surface area contributed by atoms with Gasteiger partial charge in [-0.1, -0.05) is 24.9 Å². The highest BCUT2D eigenvalue weighted by molar-refractivity contribution is 6.30. The Morgan fingerprint density at radius 2 is 2.14 bits per heavy atom. The lowest BCUT2D eigenvalue weighted by Crippen LogP contribution is -2.30. The predicted octanol–water partition coefficient (Wildman–Crippen LogP) is 4.22. The maximum Gasteiger partial charge on any atom is 0.256 e. The molecular weight excluding hydrogens is 376 g/mol. The van der Waals surface area contributed by atoms with E-state index >= 15 is 0 Å². The smallest absolute Gasteiger partial charge is 0.256 e. The van der Waals surface area contributed by atoms with Gasteiger partial charge in [0.1, 0.15) is 0 Å². The molecule has 0 aromatic carbocycles. The van der Waals surface area contributed by atoms with Crippen molar-refractivity contribution in [3.8, 4) is 5.88 Å². The van der Waals surface area contributed by atoms with Crippen LogP contribution < -0.4 is 4.74 Å². The summed E-state index contributed by atoms with van der Waals surface area (Å²) in [4.78, 5) is 19.6. The maximum absolute atomic E-state index is 13.1. The van der Waals surface area contributed by atoms with Gasteiger partial charge in [0.15, 0.2) is 0 Å². The third kappa shape index (κ3) is 2.51. The lowest BCUT2D eigenvalue weighted by molar-refractivity contribution is 0.0734. The number of aromatic nitrogens is 3. The Labute approximate surface area is 168 Å². The van der Waals surface area contributed by atoms with Gasteiger partial charge in [-0.15, -0.1) is 0 Å². The minimum absolute atomic E-state index is 0.00501. The molecule has 1 aliphatic heterocycles. The molecule has 0 saturated carbocycles. The van der Waals surface area contributed by atoms with Crippen LogP contribution in [0.15, 0.2) is 30.5 Å². The summed E-state index contributed by atoms with van der Waals surface area (Å²) < 4.78 is 7.67. The molecule has 3 aromatic heterocycles. The van der Waals surface area contributed by atoms with E-state index in [2.05, 4.69) is 6.92 Å². The number of rotatable bonds is 4. The van der Waals surface area contributed by atoms with Crippen LogP contribution in [0.5, 0.6) is 5.88 Å². The lowest BCUT2D eigenvalue weighted by atomic mass is 9.94. The number of fused-ring (bicyclic) bond motifs is 9. The number of carbonyl (C=O) groups is 1. The summed E-state index contributed by atoms with van der Waals surface area (Å²) in [7, 11) is 1.84. The molecular formula is C21H21ClN4O2. The molecule has 7 heteroatoms. The molecule has 5 rings (SSSR count). The van der Waals surface area contributed by atoms with Crippen LogP contribution >= 0.6 is 11.6 Å². The maximum atomic E-state index is 13.1. The normalized spacial score (nSPS) is 20.2. The van der Waals surface area contributed by atoms with Crippen LogP contribution in [-0.4, -0.2) is 39.1 Å². The van der Waals surface area contributed by atoms with Gasteiger partial charge in [0.25, 0.3) is 5.91 Å². The van der Waals surface area contributed by atoms with Gasteiger partial charge < -0.3 is 9.64 Å². The first-order valence-corrected chi connectivity index (χ1v) is 10.0. The van der Waals surface area contributed by atoms with E-state index in [1.54, 1.807) is 11.0 Å². The Balaban J connectivity index is 1.68. The Hall–Kier alpha value is -2.60.